The summed E-state index contributed by atoms with van der Waals surface area (Å²) in [6.45, 7) is 5.95. The number of nitrogens with zero attached hydrogens (tertiary/aromatic N) is 1. The number of sulfonamides is 1. The molecule has 1 aliphatic heterocycles. The smallest absolute Gasteiger partial charge is 0.243 e. The minimum Gasteiger partial charge on any atom is -0.327 e. The lowest BCUT2D eigenvalue weighted by Crippen LogP contribution is -3.14. The van der Waals surface area contributed by atoms with Crippen molar-refractivity contribution < 1.29 is 18.1 Å². The van der Waals surface area contributed by atoms with E-state index in [4.69, 9.17) is 11.6 Å². The van der Waals surface area contributed by atoms with Crippen LogP contribution < -0.4 is 4.90 Å². The first-order valence-corrected chi connectivity index (χ1v) is 10.8. The summed E-state index contributed by atoms with van der Waals surface area (Å²) in [5, 5.41) is 0.748. The van der Waals surface area contributed by atoms with Gasteiger partial charge in [0.25, 0.3) is 0 Å². The predicted molar refractivity (Wildman–Crippen MR) is 106 cm³/mol. The Balaban J connectivity index is 1.69. The van der Waals surface area contributed by atoms with Crippen molar-refractivity contribution in [2.24, 2.45) is 0 Å². The summed E-state index contributed by atoms with van der Waals surface area (Å²) >= 11 is 6.31. The number of benzene rings is 2. The van der Waals surface area contributed by atoms with Crippen molar-refractivity contribution in [1.29, 1.82) is 0 Å². The van der Waals surface area contributed by atoms with Crippen molar-refractivity contribution in [3.05, 3.63) is 64.7 Å². The second kappa shape index (κ2) is 8.10. The number of rotatable bonds is 5. The molecule has 1 fully saturated rings. The van der Waals surface area contributed by atoms with Gasteiger partial charge >= 0.3 is 0 Å². The van der Waals surface area contributed by atoms with Gasteiger partial charge in [-0.1, -0.05) is 41.9 Å². The van der Waals surface area contributed by atoms with Crippen molar-refractivity contribution in [3.63, 3.8) is 0 Å². The quantitative estimate of drug-likeness (QED) is 0.773. The van der Waals surface area contributed by atoms with Crippen LogP contribution in [-0.2, 0) is 10.0 Å². The SMILES string of the molecule is CC(=O)c1ccc(S(=O)(=O)N2CC[NH+]([C@H](C)c3ccccc3Cl)CC2)cc1. The molecule has 27 heavy (non-hydrogen) atoms. The van der Waals surface area contributed by atoms with Crippen LogP contribution in [0.5, 0.6) is 0 Å². The molecule has 5 nitrogen and oxygen atoms in total. The highest BCUT2D eigenvalue weighted by Gasteiger charge is 2.33. The van der Waals surface area contributed by atoms with E-state index in [9.17, 15) is 13.2 Å². The van der Waals surface area contributed by atoms with Gasteiger partial charge in [0.1, 0.15) is 6.04 Å². The van der Waals surface area contributed by atoms with Gasteiger partial charge in [0, 0.05) is 16.1 Å². The molecule has 1 heterocycles. The molecule has 2 aromatic carbocycles. The van der Waals surface area contributed by atoms with Gasteiger partial charge in [-0.3, -0.25) is 4.79 Å². The molecular weight excluding hydrogens is 384 g/mol. The second-order valence-corrected chi connectivity index (χ2v) is 9.23. The maximum Gasteiger partial charge on any atom is 0.243 e. The normalized spacial score (nSPS) is 17.6. The van der Waals surface area contributed by atoms with Gasteiger partial charge in [0.2, 0.25) is 10.0 Å². The van der Waals surface area contributed by atoms with Gasteiger partial charge in [-0.15, -0.1) is 0 Å². The Morgan fingerprint density at radius 1 is 1.07 bits per heavy atom. The molecule has 7 heteroatoms. The highest BCUT2D eigenvalue weighted by Crippen LogP contribution is 2.21. The minimum absolute atomic E-state index is 0.0790. The first kappa shape index (κ1) is 20.0. The standard InChI is InChI=1S/C20H23ClN2O3S/c1-15(19-5-3-4-6-20(19)21)22-11-13-23(14-12-22)27(25,26)18-9-7-17(8-10-18)16(2)24/h3-10,15H,11-14H2,1-2H3/p+1/t15-/m1/s1. The van der Waals surface area contributed by atoms with E-state index in [-0.39, 0.29) is 16.7 Å². The molecule has 0 saturated carbocycles. The highest BCUT2D eigenvalue weighted by atomic mass is 35.5. The number of hydrogen-bond acceptors (Lipinski definition) is 3. The van der Waals surface area contributed by atoms with Crippen molar-refractivity contribution in [1.82, 2.24) is 4.31 Å². The summed E-state index contributed by atoms with van der Waals surface area (Å²) in [4.78, 5) is 12.9. The van der Waals surface area contributed by atoms with Crippen molar-refractivity contribution >= 4 is 27.4 Å². The third-order valence-electron chi connectivity index (χ3n) is 5.25. The van der Waals surface area contributed by atoms with Crippen LogP contribution in [0.15, 0.2) is 53.4 Å². The third-order valence-corrected chi connectivity index (χ3v) is 7.50. The molecule has 1 atom stereocenters. The Bertz CT molecular complexity index is 920. The van der Waals surface area contributed by atoms with E-state index in [0.29, 0.717) is 18.7 Å². The molecule has 0 radical (unpaired) electrons. The Morgan fingerprint density at radius 3 is 2.22 bits per heavy atom. The summed E-state index contributed by atoms with van der Waals surface area (Å²) in [5.41, 5.74) is 1.60. The van der Waals surface area contributed by atoms with Gasteiger partial charge in [0.05, 0.1) is 31.1 Å². The average Bonchev–Trinajstić information content (AvgIpc) is 2.68. The van der Waals surface area contributed by atoms with Gasteiger partial charge in [-0.05, 0) is 32.0 Å². The maximum atomic E-state index is 12.9. The summed E-state index contributed by atoms with van der Waals surface area (Å²) in [7, 11) is -3.54. The van der Waals surface area contributed by atoms with Crippen molar-refractivity contribution in [3.8, 4) is 0 Å². The monoisotopic (exact) mass is 407 g/mol. The molecule has 1 aliphatic rings. The lowest BCUT2D eigenvalue weighted by atomic mass is 10.1. The number of carbonyl (C=O) groups excluding carboxylic acids is 1. The third kappa shape index (κ3) is 4.24. The fourth-order valence-electron chi connectivity index (χ4n) is 3.50. The minimum atomic E-state index is -3.54. The molecule has 1 saturated heterocycles. The number of hydrogen-bond donors (Lipinski definition) is 1. The number of nitrogens with one attached hydrogen (secondary N) is 1. The van der Waals surface area contributed by atoms with E-state index in [1.54, 1.807) is 12.1 Å². The van der Waals surface area contributed by atoms with Gasteiger partial charge in [0.15, 0.2) is 5.78 Å². The fourth-order valence-corrected chi connectivity index (χ4v) is 5.24. The molecule has 2 aromatic rings. The summed E-state index contributed by atoms with van der Waals surface area (Å²) < 4.78 is 27.3. The molecule has 144 valence electrons. The van der Waals surface area contributed by atoms with E-state index in [1.165, 1.54) is 28.3 Å². The number of piperazine rings is 1. The molecular formula is C20H24ClN2O3S+. The maximum absolute atomic E-state index is 12.9. The Labute approximate surface area is 165 Å². The van der Waals surface area contributed by atoms with Gasteiger partial charge in [-0.2, -0.15) is 4.31 Å². The van der Waals surface area contributed by atoms with Gasteiger partial charge in [-0.25, -0.2) is 8.42 Å². The van der Waals surface area contributed by atoms with Crippen LogP contribution in [0.3, 0.4) is 0 Å². The average molecular weight is 408 g/mol. The molecule has 0 spiro atoms. The van der Waals surface area contributed by atoms with Crippen LogP contribution in [0.1, 0.15) is 35.8 Å². The molecule has 0 unspecified atom stereocenters. The summed E-state index contributed by atoms with van der Waals surface area (Å²) in [6, 6.07) is 14.2. The molecule has 3 rings (SSSR count). The molecule has 0 amide bonds. The van der Waals surface area contributed by atoms with Crippen LogP contribution in [0.25, 0.3) is 0 Å². The highest BCUT2D eigenvalue weighted by molar-refractivity contribution is 7.89. The predicted octanol–water partition coefficient (Wildman–Crippen LogP) is 2.19. The van der Waals surface area contributed by atoms with E-state index < -0.39 is 10.0 Å². The molecule has 0 aliphatic carbocycles. The van der Waals surface area contributed by atoms with Crippen LogP contribution in [-0.4, -0.2) is 44.7 Å². The van der Waals surface area contributed by atoms with Crippen molar-refractivity contribution in [2.45, 2.75) is 24.8 Å². The molecule has 0 aromatic heterocycles. The lowest BCUT2D eigenvalue weighted by molar-refractivity contribution is -0.933. The zero-order valence-corrected chi connectivity index (χ0v) is 17.1. The molecule has 0 bridgehead atoms. The lowest BCUT2D eigenvalue weighted by Gasteiger charge is -2.35. The van der Waals surface area contributed by atoms with E-state index >= 15 is 0 Å². The molecule has 1 N–H and O–H groups in total. The van der Waals surface area contributed by atoms with E-state index in [0.717, 1.165) is 23.7 Å². The number of carbonyl (C=O) groups is 1. The second-order valence-electron chi connectivity index (χ2n) is 6.89. The van der Waals surface area contributed by atoms with Crippen LogP contribution >= 0.6 is 11.6 Å². The number of halogens is 1. The summed E-state index contributed by atoms with van der Waals surface area (Å²) in [5.74, 6) is -0.0790. The Hall–Kier alpha value is -1.73. The zero-order valence-electron chi connectivity index (χ0n) is 15.5. The topological polar surface area (TPSA) is 58.9 Å². The van der Waals surface area contributed by atoms with E-state index in [1.807, 2.05) is 24.3 Å². The van der Waals surface area contributed by atoms with Crippen LogP contribution in [0, 0.1) is 0 Å². The van der Waals surface area contributed by atoms with Crippen molar-refractivity contribution in [2.75, 3.05) is 26.2 Å². The summed E-state index contributed by atoms with van der Waals surface area (Å²) in [6.07, 6.45) is 0. The Morgan fingerprint density at radius 2 is 1.67 bits per heavy atom. The largest absolute Gasteiger partial charge is 0.327 e. The number of Topliss-reactive ketones (excluding diaryl/α,β-unsaturated/α-hetero) is 1. The zero-order chi connectivity index (χ0) is 19.6. The number of ketones is 1. The van der Waals surface area contributed by atoms with Gasteiger partial charge < -0.3 is 4.90 Å². The number of quaternary nitrogens is 1. The van der Waals surface area contributed by atoms with Crippen LogP contribution in [0.4, 0.5) is 0 Å². The Kier molecular flexibility index (Phi) is 6.01. The first-order chi connectivity index (χ1) is 12.8. The fraction of sp³-hybridized carbons (Fsp3) is 0.350. The first-order valence-electron chi connectivity index (χ1n) is 9.01. The van der Waals surface area contributed by atoms with Crippen LogP contribution in [0.2, 0.25) is 5.02 Å². The van der Waals surface area contributed by atoms with E-state index in [2.05, 4.69) is 6.92 Å².